The van der Waals surface area contributed by atoms with Gasteiger partial charge in [0, 0.05) is 7.05 Å². The molecule has 0 bridgehead atoms. The first kappa shape index (κ1) is 20.5. The zero-order chi connectivity index (χ0) is 19.6. The third-order valence-corrected chi connectivity index (χ3v) is 2.87. The second kappa shape index (κ2) is 7.16. The number of methoxy groups -OCH3 is 1. The molecule has 0 N–H and O–H groups in total. The van der Waals surface area contributed by atoms with Gasteiger partial charge in [0.2, 0.25) is 0 Å². The predicted molar refractivity (Wildman–Crippen MR) is 91.7 cm³/mol. The normalized spacial score (nSPS) is 11.7. The van der Waals surface area contributed by atoms with Crippen LogP contribution in [0.15, 0.2) is 12.1 Å². The molecule has 1 heterocycles. The zero-order valence-electron chi connectivity index (χ0n) is 16.0. The number of ether oxygens (including phenoxy) is 3. The standard InChI is InChI=1S/C17H26N2O6/c1-16(2,3)24-14(21)19(15(22)25-17(4,5)6)12-10-9-11(18(12)7)13(20)23-8/h9-10H,1-8H3. The molecular formula is C17H26N2O6. The van der Waals surface area contributed by atoms with Gasteiger partial charge < -0.3 is 18.8 Å². The Balaban J connectivity index is 3.32. The molecule has 140 valence electrons. The number of nitrogens with zero attached hydrogens (tertiary/aromatic N) is 2. The molecular weight excluding hydrogens is 328 g/mol. The molecule has 0 saturated heterocycles. The summed E-state index contributed by atoms with van der Waals surface area (Å²) in [6, 6.07) is 2.89. The summed E-state index contributed by atoms with van der Waals surface area (Å²) in [5.74, 6) is -0.467. The van der Waals surface area contributed by atoms with Crippen molar-refractivity contribution in [3.05, 3.63) is 17.8 Å². The Morgan fingerprint density at radius 2 is 1.36 bits per heavy atom. The fraction of sp³-hybridized carbons (Fsp3) is 0.588. The molecule has 0 aromatic carbocycles. The van der Waals surface area contributed by atoms with E-state index in [2.05, 4.69) is 4.74 Å². The van der Waals surface area contributed by atoms with Crippen molar-refractivity contribution < 1.29 is 28.6 Å². The van der Waals surface area contributed by atoms with Crippen molar-refractivity contribution >= 4 is 24.0 Å². The van der Waals surface area contributed by atoms with E-state index in [1.54, 1.807) is 41.5 Å². The smallest absolute Gasteiger partial charge is 0.425 e. The Morgan fingerprint density at radius 1 is 0.920 bits per heavy atom. The molecule has 0 aliphatic heterocycles. The first-order chi connectivity index (χ1) is 11.3. The maximum Gasteiger partial charge on any atom is 0.425 e. The maximum absolute atomic E-state index is 12.6. The lowest BCUT2D eigenvalue weighted by Gasteiger charge is -2.28. The average molecular weight is 354 g/mol. The van der Waals surface area contributed by atoms with Crippen molar-refractivity contribution in [3.8, 4) is 0 Å². The minimum atomic E-state index is -0.903. The molecule has 1 aromatic rings. The summed E-state index contributed by atoms with van der Waals surface area (Å²) in [4.78, 5) is 37.6. The molecule has 2 amide bonds. The fourth-order valence-corrected chi connectivity index (χ4v) is 1.91. The van der Waals surface area contributed by atoms with Gasteiger partial charge in [-0.25, -0.2) is 14.4 Å². The number of esters is 1. The van der Waals surface area contributed by atoms with Crippen molar-refractivity contribution in [2.45, 2.75) is 52.7 Å². The van der Waals surface area contributed by atoms with Crippen LogP contribution in [0.1, 0.15) is 52.0 Å². The highest BCUT2D eigenvalue weighted by Crippen LogP contribution is 2.24. The predicted octanol–water partition coefficient (Wildman–Crippen LogP) is 3.49. The number of hydrogen-bond acceptors (Lipinski definition) is 6. The molecule has 8 nitrogen and oxygen atoms in total. The Morgan fingerprint density at radius 3 is 1.72 bits per heavy atom. The van der Waals surface area contributed by atoms with Crippen molar-refractivity contribution in [2.75, 3.05) is 12.0 Å². The van der Waals surface area contributed by atoms with Crippen molar-refractivity contribution in [2.24, 2.45) is 7.05 Å². The SMILES string of the molecule is COC(=O)c1ccc(N(C(=O)OC(C)(C)C)C(=O)OC(C)(C)C)n1C. The van der Waals surface area contributed by atoms with Gasteiger partial charge in [0.15, 0.2) is 0 Å². The fourth-order valence-electron chi connectivity index (χ4n) is 1.91. The number of aromatic nitrogens is 1. The van der Waals surface area contributed by atoms with E-state index in [-0.39, 0.29) is 11.5 Å². The van der Waals surface area contributed by atoms with E-state index in [0.717, 1.165) is 4.90 Å². The summed E-state index contributed by atoms with van der Waals surface area (Å²) in [7, 11) is 2.78. The molecule has 1 rings (SSSR count). The monoisotopic (exact) mass is 354 g/mol. The number of imide groups is 1. The first-order valence-electron chi connectivity index (χ1n) is 7.77. The van der Waals surface area contributed by atoms with Crippen LogP contribution in [0, 0.1) is 0 Å². The van der Waals surface area contributed by atoms with E-state index in [9.17, 15) is 14.4 Å². The molecule has 0 spiro atoms. The van der Waals surface area contributed by atoms with E-state index in [0.29, 0.717) is 0 Å². The summed E-state index contributed by atoms with van der Waals surface area (Å²) in [5.41, 5.74) is -1.45. The van der Waals surface area contributed by atoms with Crippen molar-refractivity contribution in [1.82, 2.24) is 4.57 Å². The van der Waals surface area contributed by atoms with Crippen LogP contribution < -0.4 is 4.90 Å². The number of anilines is 1. The van der Waals surface area contributed by atoms with E-state index >= 15 is 0 Å². The minimum Gasteiger partial charge on any atom is -0.464 e. The van der Waals surface area contributed by atoms with Crippen LogP contribution in [0.2, 0.25) is 0 Å². The quantitative estimate of drug-likeness (QED) is 0.597. The lowest BCUT2D eigenvalue weighted by molar-refractivity contribution is 0.0424. The third kappa shape index (κ3) is 5.51. The summed E-state index contributed by atoms with van der Waals surface area (Å²) in [5, 5.41) is 0. The van der Waals surface area contributed by atoms with E-state index < -0.39 is 29.4 Å². The molecule has 25 heavy (non-hydrogen) atoms. The highest BCUT2D eigenvalue weighted by atomic mass is 16.6. The van der Waals surface area contributed by atoms with Gasteiger partial charge >= 0.3 is 18.2 Å². The second-order valence-corrected chi connectivity index (χ2v) is 7.42. The summed E-state index contributed by atoms with van der Waals surface area (Å²) in [6.45, 7) is 10.1. The van der Waals surface area contributed by atoms with E-state index in [1.165, 1.54) is 30.9 Å². The molecule has 0 fully saturated rings. The van der Waals surface area contributed by atoms with Crippen LogP contribution in [0.4, 0.5) is 15.4 Å². The van der Waals surface area contributed by atoms with Crippen LogP contribution >= 0.6 is 0 Å². The van der Waals surface area contributed by atoms with Crippen LogP contribution in [-0.4, -0.2) is 41.0 Å². The van der Waals surface area contributed by atoms with Crippen LogP contribution in [0.25, 0.3) is 0 Å². The molecule has 0 unspecified atom stereocenters. The molecule has 0 radical (unpaired) electrons. The Hall–Kier alpha value is -2.51. The van der Waals surface area contributed by atoms with Gasteiger partial charge in [-0.2, -0.15) is 4.90 Å². The highest BCUT2D eigenvalue weighted by Gasteiger charge is 2.34. The molecule has 0 aliphatic rings. The van der Waals surface area contributed by atoms with Crippen LogP contribution in [0.3, 0.4) is 0 Å². The number of rotatable bonds is 2. The number of carbonyl (C=O) groups is 3. The minimum absolute atomic E-state index is 0.129. The molecule has 8 heteroatoms. The van der Waals surface area contributed by atoms with Crippen LogP contribution in [-0.2, 0) is 21.3 Å². The molecule has 0 atom stereocenters. The summed E-state index contributed by atoms with van der Waals surface area (Å²) in [6.07, 6.45) is -1.81. The van der Waals surface area contributed by atoms with Gasteiger partial charge in [-0.15, -0.1) is 0 Å². The zero-order valence-corrected chi connectivity index (χ0v) is 16.0. The maximum atomic E-state index is 12.6. The Labute approximate surface area is 147 Å². The molecule has 1 aromatic heterocycles. The van der Waals surface area contributed by atoms with Gasteiger partial charge in [0.1, 0.15) is 22.7 Å². The topological polar surface area (TPSA) is 87.1 Å². The second-order valence-electron chi connectivity index (χ2n) is 7.42. The summed E-state index contributed by atoms with van der Waals surface area (Å²) >= 11 is 0. The number of hydrogen-bond donors (Lipinski definition) is 0. The number of carbonyl (C=O) groups excluding carboxylic acids is 3. The van der Waals surface area contributed by atoms with Gasteiger partial charge in [0.25, 0.3) is 0 Å². The van der Waals surface area contributed by atoms with Gasteiger partial charge in [-0.1, -0.05) is 0 Å². The third-order valence-electron chi connectivity index (χ3n) is 2.87. The largest absolute Gasteiger partial charge is 0.464 e. The van der Waals surface area contributed by atoms with Gasteiger partial charge in [-0.3, -0.25) is 0 Å². The lowest BCUT2D eigenvalue weighted by Crippen LogP contribution is -2.44. The van der Waals surface area contributed by atoms with Crippen molar-refractivity contribution in [1.29, 1.82) is 0 Å². The first-order valence-corrected chi connectivity index (χ1v) is 7.77. The lowest BCUT2D eigenvalue weighted by atomic mass is 10.2. The van der Waals surface area contributed by atoms with E-state index in [1.807, 2.05) is 0 Å². The summed E-state index contributed by atoms with van der Waals surface area (Å²) < 4.78 is 16.6. The van der Waals surface area contributed by atoms with Crippen LogP contribution in [0.5, 0.6) is 0 Å². The van der Waals surface area contributed by atoms with E-state index in [4.69, 9.17) is 9.47 Å². The Kier molecular flexibility index (Phi) is 5.88. The average Bonchev–Trinajstić information content (AvgIpc) is 2.76. The highest BCUT2D eigenvalue weighted by molar-refractivity contribution is 6.09. The molecule has 0 saturated carbocycles. The molecule has 0 aliphatic carbocycles. The number of amides is 2. The Bertz CT molecular complexity index is 636. The van der Waals surface area contributed by atoms with Gasteiger partial charge in [-0.05, 0) is 53.7 Å². The van der Waals surface area contributed by atoms with Crippen molar-refractivity contribution in [3.63, 3.8) is 0 Å². The van der Waals surface area contributed by atoms with Gasteiger partial charge in [0.05, 0.1) is 7.11 Å².